The molecule has 2 N–H and O–H groups in total. The summed E-state index contributed by atoms with van der Waals surface area (Å²) in [7, 11) is 2.09. The molecule has 3 nitrogen and oxygen atoms in total. The zero-order valence-electron chi connectivity index (χ0n) is 10.2. The zero-order valence-corrected chi connectivity index (χ0v) is 10.2. The summed E-state index contributed by atoms with van der Waals surface area (Å²) < 4.78 is 0. The van der Waals surface area contributed by atoms with Crippen LogP contribution in [0.4, 0.5) is 0 Å². The predicted molar refractivity (Wildman–Crippen MR) is 67.4 cm³/mol. The topological polar surface area (TPSA) is 35.5 Å². The fraction of sp³-hybridized carbons (Fsp3) is 0.538. The molecule has 1 rings (SSSR count). The van der Waals surface area contributed by atoms with Crippen LogP contribution < -0.4 is 5.32 Å². The van der Waals surface area contributed by atoms with Gasteiger partial charge in [0.05, 0.1) is 6.10 Å². The molecular weight excluding hydrogens is 200 g/mol. The van der Waals surface area contributed by atoms with Crippen LogP contribution >= 0.6 is 0 Å². The van der Waals surface area contributed by atoms with Crippen molar-refractivity contribution >= 4 is 0 Å². The summed E-state index contributed by atoms with van der Waals surface area (Å²) in [6.07, 6.45) is -0.409. The number of hydrogen-bond acceptors (Lipinski definition) is 3. The molecule has 1 aromatic rings. The molecule has 16 heavy (non-hydrogen) atoms. The number of hydrogen-bond donors (Lipinski definition) is 2. The highest BCUT2D eigenvalue weighted by atomic mass is 16.3. The molecule has 0 bridgehead atoms. The second-order valence-corrected chi connectivity index (χ2v) is 4.03. The number of rotatable bonds is 7. The lowest BCUT2D eigenvalue weighted by Crippen LogP contribution is -2.31. The van der Waals surface area contributed by atoms with Crippen molar-refractivity contribution in [3.05, 3.63) is 35.9 Å². The summed E-state index contributed by atoms with van der Waals surface area (Å²) >= 11 is 0. The third-order valence-corrected chi connectivity index (χ3v) is 2.73. The lowest BCUT2D eigenvalue weighted by atomic mass is 10.1. The Hall–Kier alpha value is -0.900. The highest BCUT2D eigenvalue weighted by Crippen LogP contribution is 2.10. The predicted octanol–water partition coefficient (Wildman–Crippen LogP) is 1.26. The molecule has 0 aliphatic rings. The number of nitrogens with one attached hydrogen (secondary N) is 1. The third kappa shape index (κ3) is 4.75. The van der Waals surface area contributed by atoms with Gasteiger partial charge in [0.2, 0.25) is 0 Å². The van der Waals surface area contributed by atoms with E-state index in [2.05, 4.69) is 24.2 Å². The summed E-state index contributed by atoms with van der Waals surface area (Å²) in [6.45, 7) is 5.73. The second kappa shape index (κ2) is 7.39. The van der Waals surface area contributed by atoms with Gasteiger partial charge >= 0.3 is 0 Å². The maximum atomic E-state index is 9.87. The fourth-order valence-electron chi connectivity index (χ4n) is 1.46. The van der Waals surface area contributed by atoms with E-state index in [1.165, 1.54) is 0 Å². The third-order valence-electron chi connectivity index (χ3n) is 2.73. The van der Waals surface area contributed by atoms with Crippen LogP contribution in [-0.4, -0.2) is 43.2 Å². The highest BCUT2D eigenvalue weighted by molar-refractivity contribution is 5.17. The number of aliphatic hydroxyl groups excluding tert-OH is 1. The lowest BCUT2D eigenvalue weighted by Gasteiger charge is -2.16. The van der Waals surface area contributed by atoms with Crippen molar-refractivity contribution in [3.8, 4) is 0 Å². The molecule has 90 valence electrons. The maximum absolute atomic E-state index is 9.87. The number of nitrogens with zero attached hydrogens (tertiary/aromatic N) is 1. The molecule has 1 aromatic carbocycles. The molecule has 0 amide bonds. The monoisotopic (exact) mass is 222 g/mol. The molecule has 3 heteroatoms. The van der Waals surface area contributed by atoms with Crippen LogP contribution in [0.15, 0.2) is 30.3 Å². The van der Waals surface area contributed by atoms with Gasteiger partial charge in [0.1, 0.15) is 0 Å². The molecule has 1 atom stereocenters. The van der Waals surface area contributed by atoms with Crippen molar-refractivity contribution < 1.29 is 5.11 Å². The van der Waals surface area contributed by atoms with E-state index in [-0.39, 0.29) is 0 Å². The Labute approximate surface area is 98.1 Å². The summed E-state index contributed by atoms with van der Waals surface area (Å²) in [4.78, 5) is 2.24. The molecule has 1 unspecified atom stereocenters. The van der Waals surface area contributed by atoms with Crippen molar-refractivity contribution in [2.45, 2.75) is 13.0 Å². The van der Waals surface area contributed by atoms with Gasteiger partial charge in [0.15, 0.2) is 0 Å². The van der Waals surface area contributed by atoms with Gasteiger partial charge in [-0.1, -0.05) is 37.3 Å². The average molecular weight is 222 g/mol. The van der Waals surface area contributed by atoms with Gasteiger partial charge in [0.25, 0.3) is 0 Å². The Morgan fingerprint density at radius 3 is 2.62 bits per heavy atom. The van der Waals surface area contributed by atoms with E-state index in [0.717, 1.165) is 25.2 Å². The summed E-state index contributed by atoms with van der Waals surface area (Å²) in [5, 5.41) is 13.1. The zero-order chi connectivity index (χ0) is 11.8. The van der Waals surface area contributed by atoms with Crippen molar-refractivity contribution in [1.29, 1.82) is 0 Å². The quantitative estimate of drug-likeness (QED) is 0.682. The normalized spacial score (nSPS) is 13.0. The fourth-order valence-corrected chi connectivity index (χ4v) is 1.46. The van der Waals surface area contributed by atoms with Gasteiger partial charge in [0, 0.05) is 19.6 Å². The van der Waals surface area contributed by atoms with Gasteiger partial charge in [-0.2, -0.15) is 0 Å². The van der Waals surface area contributed by atoms with Crippen molar-refractivity contribution in [1.82, 2.24) is 10.2 Å². The van der Waals surface area contributed by atoms with E-state index in [4.69, 9.17) is 0 Å². The second-order valence-electron chi connectivity index (χ2n) is 4.03. The van der Waals surface area contributed by atoms with E-state index >= 15 is 0 Å². The molecule has 0 aliphatic heterocycles. The lowest BCUT2D eigenvalue weighted by molar-refractivity contribution is 0.173. The van der Waals surface area contributed by atoms with Crippen LogP contribution in [0, 0.1) is 0 Å². The molecule has 0 fully saturated rings. The van der Waals surface area contributed by atoms with Crippen LogP contribution in [0.3, 0.4) is 0 Å². The number of likely N-dealkylation sites (N-methyl/N-ethyl adjacent to an activating group) is 1. The van der Waals surface area contributed by atoms with Gasteiger partial charge in [-0.25, -0.2) is 0 Å². The Balaban J connectivity index is 2.18. The first-order chi connectivity index (χ1) is 7.74. The summed E-state index contributed by atoms with van der Waals surface area (Å²) in [5.74, 6) is 0. The van der Waals surface area contributed by atoms with Crippen molar-refractivity contribution in [2.24, 2.45) is 0 Å². The van der Waals surface area contributed by atoms with Crippen LogP contribution in [0.5, 0.6) is 0 Å². The first kappa shape index (κ1) is 13.2. The average Bonchev–Trinajstić information content (AvgIpc) is 2.35. The first-order valence-electron chi connectivity index (χ1n) is 5.86. The Morgan fingerprint density at radius 1 is 1.31 bits per heavy atom. The highest BCUT2D eigenvalue weighted by Gasteiger charge is 2.05. The minimum atomic E-state index is -0.409. The number of aliphatic hydroxyl groups is 1. The SMILES string of the molecule is CCN(C)CCNCC(O)c1ccccc1. The molecule has 0 heterocycles. The summed E-state index contributed by atoms with van der Waals surface area (Å²) in [6, 6.07) is 9.75. The van der Waals surface area contributed by atoms with E-state index in [1.54, 1.807) is 0 Å². The molecule has 0 aromatic heterocycles. The molecule has 0 radical (unpaired) electrons. The summed E-state index contributed by atoms with van der Waals surface area (Å²) in [5.41, 5.74) is 0.971. The standard InChI is InChI=1S/C13H22N2O/c1-3-15(2)10-9-14-11-13(16)12-7-5-4-6-8-12/h4-8,13-14,16H,3,9-11H2,1-2H3. The Morgan fingerprint density at radius 2 is 2.00 bits per heavy atom. The van der Waals surface area contributed by atoms with Crippen LogP contribution in [0.25, 0.3) is 0 Å². The van der Waals surface area contributed by atoms with E-state index in [1.807, 2.05) is 30.3 Å². The van der Waals surface area contributed by atoms with Gasteiger partial charge in [-0.15, -0.1) is 0 Å². The van der Waals surface area contributed by atoms with Crippen LogP contribution in [-0.2, 0) is 0 Å². The molecule has 0 spiro atoms. The maximum Gasteiger partial charge on any atom is 0.0914 e. The molecular formula is C13H22N2O. The molecule has 0 saturated heterocycles. The van der Waals surface area contributed by atoms with E-state index in [9.17, 15) is 5.11 Å². The largest absolute Gasteiger partial charge is 0.387 e. The molecule has 0 saturated carbocycles. The van der Waals surface area contributed by atoms with E-state index < -0.39 is 6.10 Å². The Kier molecular flexibility index (Phi) is 6.08. The van der Waals surface area contributed by atoms with Gasteiger partial charge in [-0.05, 0) is 19.2 Å². The van der Waals surface area contributed by atoms with Crippen LogP contribution in [0.1, 0.15) is 18.6 Å². The van der Waals surface area contributed by atoms with Gasteiger partial charge < -0.3 is 15.3 Å². The van der Waals surface area contributed by atoms with Gasteiger partial charge in [-0.3, -0.25) is 0 Å². The Bertz CT molecular complexity index is 277. The first-order valence-corrected chi connectivity index (χ1v) is 5.86. The van der Waals surface area contributed by atoms with Crippen molar-refractivity contribution in [2.75, 3.05) is 33.2 Å². The minimum absolute atomic E-state index is 0.409. The smallest absolute Gasteiger partial charge is 0.0914 e. The minimum Gasteiger partial charge on any atom is -0.387 e. The van der Waals surface area contributed by atoms with Crippen LogP contribution in [0.2, 0.25) is 0 Å². The molecule has 0 aliphatic carbocycles. The van der Waals surface area contributed by atoms with Crippen molar-refractivity contribution in [3.63, 3.8) is 0 Å². The number of benzene rings is 1. The van der Waals surface area contributed by atoms with E-state index in [0.29, 0.717) is 6.54 Å².